The monoisotopic (exact) mass is 291 g/mol. The number of hydrogen-bond donors (Lipinski definition) is 0. The summed E-state index contributed by atoms with van der Waals surface area (Å²) in [5.74, 6) is 0.621. The van der Waals surface area contributed by atoms with E-state index in [1.807, 2.05) is 43.3 Å². The molecule has 0 atom stereocenters. The van der Waals surface area contributed by atoms with Crippen LogP contribution < -0.4 is 0 Å². The van der Waals surface area contributed by atoms with Crippen LogP contribution in [0.2, 0.25) is 10.0 Å². The van der Waals surface area contributed by atoms with Crippen LogP contribution in [0.1, 0.15) is 17.0 Å². The van der Waals surface area contributed by atoms with Crippen molar-refractivity contribution in [2.75, 3.05) is 0 Å². The number of hydrogen-bond acceptors (Lipinski definition) is 2. The van der Waals surface area contributed by atoms with Crippen molar-refractivity contribution in [3.63, 3.8) is 0 Å². The Kier molecular flexibility index (Phi) is 3.21. The minimum Gasteiger partial charge on any atom is -0.440 e. The lowest BCUT2D eigenvalue weighted by molar-refractivity contribution is 0.544. The van der Waals surface area contributed by atoms with Crippen molar-refractivity contribution in [2.24, 2.45) is 0 Å². The Balaban J connectivity index is 2.01. The Morgan fingerprint density at radius 2 is 1.84 bits per heavy atom. The highest BCUT2D eigenvalue weighted by atomic mass is 35.5. The van der Waals surface area contributed by atoms with E-state index < -0.39 is 0 Å². The molecule has 0 spiro atoms. The molecule has 0 saturated heterocycles. The van der Waals surface area contributed by atoms with Gasteiger partial charge in [-0.3, -0.25) is 0 Å². The Morgan fingerprint density at radius 3 is 2.58 bits per heavy atom. The van der Waals surface area contributed by atoms with E-state index in [1.54, 1.807) is 0 Å². The van der Waals surface area contributed by atoms with E-state index in [0.717, 1.165) is 22.2 Å². The van der Waals surface area contributed by atoms with Crippen LogP contribution in [0.15, 0.2) is 40.8 Å². The number of rotatable bonds is 2. The summed E-state index contributed by atoms with van der Waals surface area (Å²) in [7, 11) is 0. The highest BCUT2D eigenvalue weighted by molar-refractivity contribution is 6.36. The van der Waals surface area contributed by atoms with E-state index in [2.05, 4.69) is 4.98 Å². The third-order valence-corrected chi connectivity index (χ3v) is 3.69. The van der Waals surface area contributed by atoms with Crippen molar-refractivity contribution >= 4 is 34.3 Å². The number of halogens is 2. The number of oxazole rings is 1. The molecule has 1 aromatic heterocycles. The van der Waals surface area contributed by atoms with Crippen LogP contribution in [0, 0.1) is 6.92 Å². The second-order valence-corrected chi connectivity index (χ2v) is 5.27. The third kappa shape index (κ3) is 2.46. The van der Waals surface area contributed by atoms with Crippen molar-refractivity contribution in [1.29, 1.82) is 0 Å². The van der Waals surface area contributed by atoms with Gasteiger partial charge in [-0.05, 0) is 42.3 Å². The molecule has 1 heterocycles. The second kappa shape index (κ2) is 4.87. The first-order valence-electron chi connectivity index (χ1n) is 5.92. The first kappa shape index (κ1) is 12.5. The molecule has 0 aliphatic heterocycles. The minimum absolute atomic E-state index is 0.492. The van der Waals surface area contributed by atoms with Crippen molar-refractivity contribution < 1.29 is 4.42 Å². The van der Waals surface area contributed by atoms with Crippen molar-refractivity contribution in [2.45, 2.75) is 13.3 Å². The quantitative estimate of drug-likeness (QED) is 0.661. The molecule has 3 aromatic rings. The van der Waals surface area contributed by atoms with Gasteiger partial charge in [0.2, 0.25) is 0 Å². The lowest BCUT2D eigenvalue weighted by Gasteiger charge is -2.03. The number of aryl methyl sites for hydroxylation is 1. The molecule has 0 aliphatic carbocycles. The fraction of sp³-hybridized carbons (Fsp3) is 0.133. The summed E-state index contributed by atoms with van der Waals surface area (Å²) in [4.78, 5) is 4.47. The van der Waals surface area contributed by atoms with Crippen LogP contribution in [-0.4, -0.2) is 4.98 Å². The number of aromatic nitrogens is 1. The largest absolute Gasteiger partial charge is 0.440 e. The molecule has 0 radical (unpaired) electrons. The average molecular weight is 292 g/mol. The molecule has 0 aliphatic rings. The Labute approximate surface area is 121 Å². The van der Waals surface area contributed by atoms with Gasteiger partial charge in [0.15, 0.2) is 11.5 Å². The van der Waals surface area contributed by atoms with Crippen LogP contribution in [0.4, 0.5) is 0 Å². The molecule has 2 nitrogen and oxygen atoms in total. The molecule has 4 heteroatoms. The summed E-state index contributed by atoms with van der Waals surface area (Å²) in [6.45, 7) is 2.03. The van der Waals surface area contributed by atoms with Crippen LogP contribution in [0.25, 0.3) is 11.1 Å². The fourth-order valence-electron chi connectivity index (χ4n) is 2.01. The van der Waals surface area contributed by atoms with Crippen LogP contribution in [-0.2, 0) is 6.42 Å². The summed E-state index contributed by atoms with van der Waals surface area (Å²) in [5, 5.41) is 1.26. The van der Waals surface area contributed by atoms with Gasteiger partial charge >= 0.3 is 0 Å². The van der Waals surface area contributed by atoms with Gasteiger partial charge in [-0.1, -0.05) is 35.3 Å². The van der Waals surface area contributed by atoms with Crippen molar-refractivity contribution in [1.82, 2.24) is 4.98 Å². The van der Waals surface area contributed by atoms with E-state index in [-0.39, 0.29) is 0 Å². The smallest absolute Gasteiger partial charge is 0.200 e. The number of benzene rings is 2. The van der Waals surface area contributed by atoms with Crippen LogP contribution in [0.5, 0.6) is 0 Å². The Morgan fingerprint density at radius 1 is 1.11 bits per heavy atom. The lowest BCUT2D eigenvalue weighted by atomic mass is 10.1. The van der Waals surface area contributed by atoms with E-state index >= 15 is 0 Å². The molecule has 0 amide bonds. The van der Waals surface area contributed by atoms with E-state index in [4.69, 9.17) is 27.6 Å². The molecular weight excluding hydrogens is 281 g/mol. The lowest BCUT2D eigenvalue weighted by Crippen LogP contribution is -1.90. The van der Waals surface area contributed by atoms with E-state index in [0.29, 0.717) is 22.4 Å². The maximum absolute atomic E-state index is 6.15. The standard InChI is InChI=1S/C15H11Cl2NO/c1-9-5-6-14-13(7-9)18-15(19-14)8-10-11(16)3-2-4-12(10)17/h2-7H,8H2,1H3. The first-order chi connectivity index (χ1) is 9.13. The van der Waals surface area contributed by atoms with Crippen LogP contribution in [0.3, 0.4) is 0 Å². The van der Waals surface area contributed by atoms with Gasteiger partial charge in [0.1, 0.15) is 5.52 Å². The highest BCUT2D eigenvalue weighted by Crippen LogP contribution is 2.27. The molecule has 2 aromatic carbocycles. The SMILES string of the molecule is Cc1ccc2oc(Cc3c(Cl)cccc3Cl)nc2c1. The predicted octanol–water partition coefficient (Wildman–Crippen LogP) is 5.03. The average Bonchev–Trinajstić information content (AvgIpc) is 2.75. The molecule has 3 rings (SSSR count). The Hall–Kier alpha value is -1.51. The van der Waals surface area contributed by atoms with Gasteiger partial charge in [-0.15, -0.1) is 0 Å². The summed E-state index contributed by atoms with van der Waals surface area (Å²) < 4.78 is 5.71. The van der Waals surface area contributed by atoms with Crippen molar-refractivity contribution in [3.8, 4) is 0 Å². The van der Waals surface area contributed by atoms with Crippen molar-refractivity contribution in [3.05, 3.63) is 63.5 Å². The van der Waals surface area contributed by atoms with E-state index in [9.17, 15) is 0 Å². The molecule has 0 bridgehead atoms. The summed E-state index contributed by atoms with van der Waals surface area (Å²) in [6, 6.07) is 11.4. The normalized spacial score (nSPS) is 11.1. The predicted molar refractivity (Wildman–Crippen MR) is 78.0 cm³/mol. The molecule has 0 fully saturated rings. The zero-order valence-electron chi connectivity index (χ0n) is 10.3. The molecule has 0 N–H and O–H groups in total. The summed E-state index contributed by atoms with van der Waals surface area (Å²) >= 11 is 12.3. The second-order valence-electron chi connectivity index (χ2n) is 4.46. The van der Waals surface area contributed by atoms with Gasteiger partial charge in [0.25, 0.3) is 0 Å². The summed E-state index contributed by atoms with van der Waals surface area (Å²) in [5.41, 5.74) is 3.64. The van der Waals surface area contributed by atoms with E-state index in [1.165, 1.54) is 0 Å². The van der Waals surface area contributed by atoms with Gasteiger partial charge in [0.05, 0.1) is 6.42 Å². The fourth-order valence-corrected chi connectivity index (χ4v) is 2.54. The summed E-state index contributed by atoms with van der Waals surface area (Å²) in [6.07, 6.45) is 0.492. The molecule has 96 valence electrons. The van der Waals surface area contributed by atoms with Gasteiger partial charge < -0.3 is 4.42 Å². The maximum Gasteiger partial charge on any atom is 0.200 e. The van der Waals surface area contributed by atoms with Gasteiger partial charge in [-0.25, -0.2) is 4.98 Å². The highest BCUT2D eigenvalue weighted by Gasteiger charge is 2.11. The molecule has 0 saturated carbocycles. The van der Waals surface area contributed by atoms with Crippen LogP contribution >= 0.6 is 23.2 Å². The Bertz CT molecular complexity index is 729. The molecule has 19 heavy (non-hydrogen) atoms. The molecular formula is C15H11Cl2NO. The van der Waals surface area contributed by atoms with Gasteiger partial charge in [0, 0.05) is 10.0 Å². The minimum atomic E-state index is 0.492. The zero-order chi connectivity index (χ0) is 13.4. The number of fused-ring (bicyclic) bond motifs is 1. The molecule has 0 unspecified atom stereocenters. The third-order valence-electron chi connectivity index (χ3n) is 2.98. The first-order valence-corrected chi connectivity index (χ1v) is 6.68. The topological polar surface area (TPSA) is 26.0 Å². The maximum atomic E-state index is 6.15. The van der Waals surface area contributed by atoms with Gasteiger partial charge in [-0.2, -0.15) is 0 Å². The zero-order valence-corrected chi connectivity index (χ0v) is 11.8. The number of nitrogens with zero attached hydrogens (tertiary/aromatic N) is 1.